The second kappa shape index (κ2) is 5.87. The molecule has 2 rings (SSSR count). The Hall–Kier alpha value is -1.29. The van der Waals surface area contributed by atoms with Crippen molar-refractivity contribution in [2.75, 3.05) is 24.2 Å². The van der Waals surface area contributed by atoms with Crippen molar-refractivity contribution in [1.82, 2.24) is 9.97 Å². The molecule has 0 amide bonds. The van der Waals surface area contributed by atoms with Gasteiger partial charge in [0.25, 0.3) is 0 Å². The molecule has 4 nitrogen and oxygen atoms in total. The van der Waals surface area contributed by atoms with Gasteiger partial charge in [-0.25, -0.2) is 9.97 Å². The van der Waals surface area contributed by atoms with E-state index in [1.54, 1.807) is 5.57 Å². The van der Waals surface area contributed by atoms with Crippen LogP contribution >= 0.6 is 11.6 Å². The van der Waals surface area contributed by atoms with Crippen LogP contribution in [0, 0.1) is 0 Å². The first-order chi connectivity index (χ1) is 8.31. The van der Waals surface area contributed by atoms with Gasteiger partial charge in [-0.1, -0.05) is 23.3 Å². The van der Waals surface area contributed by atoms with Crippen LogP contribution in [0.3, 0.4) is 0 Å². The van der Waals surface area contributed by atoms with Crippen molar-refractivity contribution < 1.29 is 0 Å². The van der Waals surface area contributed by atoms with Crippen molar-refractivity contribution in [2.24, 2.45) is 0 Å². The lowest BCUT2D eigenvalue weighted by atomic mass is 10.2. The van der Waals surface area contributed by atoms with Crippen LogP contribution < -0.4 is 10.6 Å². The van der Waals surface area contributed by atoms with E-state index >= 15 is 0 Å². The monoisotopic (exact) mass is 252 g/mol. The van der Waals surface area contributed by atoms with Gasteiger partial charge in [-0.2, -0.15) is 0 Å². The molecule has 1 heterocycles. The third-order valence-corrected chi connectivity index (χ3v) is 3.21. The summed E-state index contributed by atoms with van der Waals surface area (Å²) >= 11 is 5.97. The highest BCUT2D eigenvalue weighted by atomic mass is 35.5. The molecule has 17 heavy (non-hydrogen) atoms. The summed E-state index contributed by atoms with van der Waals surface area (Å²) in [6, 6.07) is 0. The molecule has 0 saturated carbocycles. The van der Waals surface area contributed by atoms with E-state index in [-0.39, 0.29) is 0 Å². The maximum absolute atomic E-state index is 5.97. The zero-order chi connectivity index (χ0) is 12.1. The Morgan fingerprint density at radius 2 is 2.29 bits per heavy atom. The minimum atomic E-state index is 0.449. The fraction of sp³-hybridized carbons (Fsp3) is 0.500. The van der Waals surface area contributed by atoms with Gasteiger partial charge in [-0.15, -0.1) is 0 Å². The normalized spacial score (nSPS) is 14.6. The van der Waals surface area contributed by atoms with Crippen molar-refractivity contribution in [3.63, 3.8) is 0 Å². The molecule has 0 aliphatic heterocycles. The van der Waals surface area contributed by atoms with Crippen LogP contribution in [-0.4, -0.2) is 23.6 Å². The maximum atomic E-state index is 5.97. The predicted molar refractivity (Wildman–Crippen MR) is 71.6 cm³/mol. The van der Waals surface area contributed by atoms with E-state index in [1.807, 2.05) is 7.05 Å². The maximum Gasteiger partial charge on any atom is 0.157 e. The number of allylic oxidation sites excluding steroid dienone is 1. The smallest absolute Gasteiger partial charge is 0.157 e. The predicted octanol–water partition coefficient (Wildman–Crippen LogP) is 3.08. The molecule has 0 radical (unpaired) electrons. The molecule has 92 valence electrons. The summed E-state index contributed by atoms with van der Waals surface area (Å²) in [7, 11) is 1.81. The van der Waals surface area contributed by atoms with E-state index in [2.05, 4.69) is 26.7 Å². The zero-order valence-electron chi connectivity index (χ0n) is 9.96. The number of rotatable bonds is 5. The molecule has 1 aliphatic carbocycles. The second-order valence-electron chi connectivity index (χ2n) is 4.07. The Balaban J connectivity index is 1.92. The summed E-state index contributed by atoms with van der Waals surface area (Å²) < 4.78 is 0. The molecule has 0 saturated heterocycles. The summed E-state index contributed by atoms with van der Waals surface area (Å²) in [6.45, 7) is 0.883. The van der Waals surface area contributed by atoms with Crippen LogP contribution in [0.4, 0.5) is 11.5 Å². The Morgan fingerprint density at radius 3 is 3.00 bits per heavy atom. The SMILES string of the molecule is CNc1c(Cl)ncnc1NCCC1=CCCC1. The molecule has 2 N–H and O–H groups in total. The average molecular weight is 253 g/mol. The first kappa shape index (κ1) is 12.2. The lowest BCUT2D eigenvalue weighted by Crippen LogP contribution is -2.07. The number of halogens is 1. The van der Waals surface area contributed by atoms with Crippen molar-refractivity contribution in [3.05, 3.63) is 23.1 Å². The topological polar surface area (TPSA) is 49.8 Å². The minimum Gasteiger partial charge on any atom is -0.383 e. The van der Waals surface area contributed by atoms with Gasteiger partial charge in [-0.3, -0.25) is 0 Å². The lowest BCUT2D eigenvalue weighted by Gasteiger charge is -2.11. The Bertz CT molecular complexity index is 417. The molecule has 0 fully saturated rings. The Morgan fingerprint density at radius 1 is 1.41 bits per heavy atom. The summed E-state index contributed by atoms with van der Waals surface area (Å²) in [6.07, 6.45) is 8.66. The van der Waals surface area contributed by atoms with Gasteiger partial charge in [0.05, 0.1) is 0 Å². The van der Waals surface area contributed by atoms with Crippen LogP contribution in [0.2, 0.25) is 5.15 Å². The highest BCUT2D eigenvalue weighted by Crippen LogP contribution is 2.26. The Kier molecular flexibility index (Phi) is 4.20. The highest BCUT2D eigenvalue weighted by molar-refractivity contribution is 6.32. The molecular formula is C12H17ClN4. The average Bonchev–Trinajstić information content (AvgIpc) is 2.82. The van der Waals surface area contributed by atoms with Crippen molar-refractivity contribution in [3.8, 4) is 0 Å². The highest BCUT2D eigenvalue weighted by Gasteiger charge is 2.08. The molecule has 1 aromatic rings. The number of hydrogen-bond donors (Lipinski definition) is 2. The van der Waals surface area contributed by atoms with Crippen molar-refractivity contribution in [2.45, 2.75) is 25.7 Å². The van der Waals surface area contributed by atoms with E-state index in [9.17, 15) is 0 Å². The van der Waals surface area contributed by atoms with Gasteiger partial charge in [0.2, 0.25) is 0 Å². The molecule has 1 aliphatic rings. The molecule has 1 aromatic heterocycles. The molecule has 0 unspecified atom stereocenters. The summed E-state index contributed by atoms with van der Waals surface area (Å²) in [5, 5.41) is 6.75. The lowest BCUT2D eigenvalue weighted by molar-refractivity contribution is 0.861. The molecular weight excluding hydrogens is 236 g/mol. The van der Waals surface area contributed by atoms with E-state index in [0.29, 0.717) is 5.15 Å². The van der Waals surface area contributed by atoms with Gasteiger partial charge in [-0.05, 0) is 25.7 Å². The Labute approximate surface area is 106 Å². The van der Waals surface area contributed by atoms with E-state index < -0.39 is 0 Å². The first-order valence-corrected chi connectivity index (χ1v) is 6.29. The minimum absolute atomic E-state index is 0.449. The van der Waals surface area contributed by atoms with Crippen molar-refractivity contribution >= 4 is 23.1 Å². The fourth-order valence-electron chi connectivity index (χ4n) is 2.03. The van der Waals surface area contributed by atoms with Gasteiger partial charge in [0.1, 0.15) is 12.0 Å². The number of nitrogens with one attached hydrogen (secondary N) is 2. The summed E-state index contributed by atoms with van der Waals surface area (Å²) in [5.41, 5.74) is 2.30. The van der Waals surface area contributed by atoms with Crippen LogP contribution in [0.5, 0.6) is 0 Å². The molecule has 5 heteroatoms. The van der Waals surface area contributed by atoms with E-state index in [0.717, 1.165) is 24.5 Å². The number of hydrogen-bond acceptors (Lipinski definition) is 4. The molecule has 0 bridgehead atoms. The molecule has 0 spiro atoms. The van der Waals surface area contributed by atoms with Gasteiger partial charge >= 0.3 is 0 Å². The van der Waals surface area contributed by atoms with E-state index in [1.165, 1.54) is 25.6 Å². The number of anilines is 2. The van der Waals surface area contributed by atoms with Gasteiger partial charge in [0.15, 0.2) is 11.0 Å². The van der Waals surface area contributed by atoms with Gasteiger partial charge < -0.3 is 10.6 Å². The summed E-state index contributed by atoms with van der Waals surface area (Å²) in [4.78, 5) is 8.12. The fourth-order valence-corrected chi connectivity index (χ4v) is 2.25. The molecule has 0 aromatic carbocycles. The number of aromatic nitrogens is 2. The summed E-state index contributed by atoms with van der Waals surface area (Å²) in [5.74, 6) is 0.770. The first-order valence-electron chi connectivity index (χ1n) is 5.91. The largest absolute Gasteiger partial charge is 0.383 e. The third kappa shape index (κ3) is 3.09. The quantitative estimate of drug-likeness (QED) is 0.625. The van der Waals surface area contributed by atoms with Crippen LogP contribution in [0.15, 0.2) is 18.0 Å². The van der Waals surface area contributed by atoms with Crippen LogP contribution in [-0.2, 0) is 0 Å². The van der Waals surface area contributed by atoms with E-state index in [4.69, 9.17) is 11.6 Å². The van der Waals surface area contributed by atoms with Crippen LogP contribution in [0.1, 0.15) is 25.7 Å². The standard InChI is InChI=1S/C12H17ClN4/c1-14-10-11(13)16-8-17-12(10)15-7-6-9-4-2-3-5-9/h4,8,14H,2-3,5-7H2,1H3,(H,15,16,17). The van der Waals surface area contributed by atoms with Crippen LogP contribution in [0.25, 0.3) is 0 Å². The zero-order valence-corrected chi connectivity index (χ0v) is 10.7. The van der Waals surface area contributed by atoms with Gasteiger partial charge in [0, 0.05) is 13.6 Å². The number of nitrogens with zero attached hydrogens (tertiary/aromatic N) is 2. The van der Waals surface area contributed by atoms with Crippen molar-refractivity contribution in [1.29, 1.82) is 0 Å². The third-order valence-electron chi connectivity index (χ3n) is 2.92. The second-order valence-corrected chi connectivity index (χ2v) is 4.43. The molecule has 0 atom stereocenters.